The first kappa shape index (κ1) is 5.92. The predicted molar refractivity (Wildman–Crippen MR) is 34.3 cm³/mol. The van der Waals surface area contributed by atoms with E-state index < -0.39 is 0 Å². The molecule has 1 N–H and O–H groups in total. The highest BCUT2D eigenvalue weighted by Gasteiger charge is 2.25. The second-order valence-corrected chi connectivity index (χ2v) is 2.81. The molecule has 0 aliphatic carbocycles. The SMILES string of the molecule is CN1NC=CC1(C)Cl. The van der Waals surface area contributed by atoms with Crippen LogP contribution in [0.25, 0.3) is 0 Å². The Morgan fingerprint density at radius 3 is 2.50 bits per heavy atom. The fourth-order valence-electron chi connectivity index (χ4n) is 0.539. The fourth-order valence-corrected chi connectivity index (χ4v) is 0.651. The molecule has 1 aliphatic heterocycles. The molecule has 0 aromatic heterocycles. The lowest BCUT2D eigenvalue weighted by molar-refractivity contribution is 0.236. The van der Waals surface area contributed by atoms with Gasteiger partial charge < -0.3 is 5.43 Å². The summed E-state index contributed by atoms with van der Waals surface area (Å²) in [5, 5.41) is 1.83. The summed E-state index contributed by atoms with van der Waals surface area (Å²) in [5.74, 6) is 0. The van der Waals surface area contributed by atoms with E-state index in [1.807, 2.05) is 31.3 Å². The van der Waals surface area contributed by atoms with Gasteiger partial charge in [-0.2, -0.15) is 0 Å². The van der Waals surface area contributed by atoms with Crippen LogP contribution in [0.3, 0.4) is 0 Å². The lowest BCUT2D eigenvalue weighted by Crippen LogP contribution is -2.38. The van der Waals surface area contributed by atoms with Crippen molar-refractivity contribution in [3.8, 4) is 0 Å². The Bertz CT molecular complexity index is 120. The van der Waals surface area contributed by atoms with Gasteiger partial charge in [-0.05, 0) is 13.0 Å². The van der Waals surface area contributed by atoms with E-state index in [0.717, 1.165) is 0 Å². The number of hydrogen-bond acceptors (Lipinski definition) is 2. The van der Waals surface area contributed by atoms with Crippen molar-refractivity contribution >= 4 is 11.6 Å². The monoisotopic (exact) mass is 132 g/mol. The Morgan fingerprint density at radius 1 is 1.75 bits per heavy atom. The number of nitrogens with one attached hydrogen (secondary N) is 1. The third-order valence-corrected chi connectivity index (χ3v) is 1.69. The molecule has 1 aliphatic rings. The number of hydrogen-bond donors (Lipinski definition) is 1. The second kappa shape index (κ2) is 1.64. The van der Waals surface area contributed by atoms with E-state index in [1.165, 1.54) is 0 Å². The first-order valence-electron chi connectivity index (χ1n) is 2.49. The Hall–Kier alpha value is -0.210. The molecule has 8 heavy (non-hydrogen) atoms. The molecule has 1 heterocycles. The van der Waals surface area contributed by atoms with E-state index in [2.05, 4.69) is 5.43 Å². The molecule has 1 unspecified atom stereocenters. The molecule has 0 aromatic rings. The van der Waals surface area contributed by atoms with Crippen LogP contribution in [0.1, 0.15) is 6.92 Å². The lowest BCUT2D eigenvalue weighted by atomic mass is 10.3. The highest BCUT2D eigenvalue weighted by molar-refractivity contribution is 6.24. The molecule has 0 amide bonds. The van der Waals surface area contributed by atoms with Crippen molar-refractivity contribution < 1.29 is 0 Å². The maximum Gasteiger partial charge on any atom is 0.130 e. The summed E-state index contributed by atoms with van der Waals surface area (Å²) in [6.45, 7) is 1.92. The molecule has 0 saturated carbocycles. The summed E-state index contributed by atoms with van der Waals surface area (Å²) in [6, 6.07) is 0. The molecule has 0 spiro atoms. The Kier molecular flexibility index (Phi) is 1.21. The van der Waals surface area contributed by atoms with Gasteiger partial charge in [0.2, 0.25) is 0 Å². The summed E-state index contributed by atoms with van der Waals surface area (Å²) < 4.78 is 0. The smallest absolute Gasteiger partial charge is 0.130 e. The third kappa shape index (κ3) is 0.812. The normalized spacial score (nSPS) is 37.9. The molecule has 2 nitrogen and oxygen atoms in total. The minimum Gasteiger partial charge on any atom is -0.325 e. The van der Waals surface area contributed by atoms with Gasteiger partial charge in [0.1, 0.15) is 5.00 Å². The number of hydrazine groups is 1. The molecule has 3 heteroatoms. The van der Waals surface area contributed by atoms with Crippen molar-refractivity contribution in [2.24, 2.45) is 0 Å². The lowest BCUT2D eigenvalue weighted by Gasteiger charge is -2.23. The molecule has 0 bridgehead atoms. The van der Waals surface area contributed by atoms with E-state index in [-0.39, 0.29) is 5.00 Å². The van der Waals surface area contributed by atoms with E-state index in [0.29, 0.717) is 0 Å². The van der Waals surface area contributed by atoms with E-state index in [1.54, 1.807) is 0 Å². The van der Waals surface area contributed by atoms with Crippen molar-refractivity contribution in [3.05, 3.63) is 12.3 Å². The van der Waals surface area contributed by atoms with Gasteiger partial charge in [-0.3, -0.25) is 0 Å². The molecular weight excluding hydrogens is 124 g/mol. The van der Waals surface area contributed by atoms with E-state index in [9.17, 15) is 0 Å². The van der Waals surface area contributed by atoms with Crippen molar-refractivity contribution in [1.29, 1.82) is 0 Å². The van der Waals surface area contributed by atoms with Gasteiger partial charge in [0, 0.05) is 13.2 Å². The predicted octanol–water partition coefficient (Wildman–Crippen LogP) is 0.905. The summed E-state index contributed by atoms with van der Waals surface area (Å²) in [7, 11) is 1.90. The molecule has 46 valence electrons. The number of likely N-dealkylation sites (N-methyl/N-ethyl adjacent to an activating group) is 1. The average Bonchev–Trinajstić information content (AvgIpc) is 1.86. The Balaban J connectivity index is 2.67. The van der Waals surface area contributed by atoms with Crippen LogP contribution >= 0.6 is 11.6 Å². The standard InChI is InChI=1S/C5H9ClN2/c1-5(6)3-4-7-8(5)2/h3-4,7H,1-2H3. The summed E-state index contributed by atoms with van der Waals surface area (Å²) in [6.07, 6.45) is 3.72. The molecule has 0 saturated heterocycles. The van der Waals surface area contributed by atoms with Crippen LogP contribution in [0.2, 0.25) is 0 Å². The Labute approximate surface area is 54.1 Å². The van der Waals surface area contributed by atoms with Crippen molar-refractivity contribution in [3.63, 3.8) is 0 Å². The largest absolute Gasteiger partial charge is 0.325 e. The zero-order valence-electron chi connectivity index (χ0n) is 4.98. The maximum atomic E-state index is 5.89. The van der Waals surface area contributed by atoms with Crippen LogP contribution in [0.15, 0.2) is 12.3 Å². The van der Waals surface area contributed by atoms with Crippen LogP contribution in [0.4, 0.5) is 0 Å². The topological polar surface area (TPSA) is 15.3 Å². The zero-order valence-corrected chi connectivity index (χ0v) is 5.74. The molecule has 1 atom stereocenters. The van der Waals surface area contributed by atoms with Gasteiger partial charge in [0.25, 0.3) is 0 Å². The quantitative estimate of drug-likeness (QED) is 0.389. The van der Waals surface area contributed by atoms with Gasteiger partial charge in [0.15, 0.2) is 0 Å². The van der Waals surface area contributed by atoms with Crippen molar-refractivity contribution in [1.82, 2.24) is 10.4 Å². The maximum absolute atomic E-state index is 5.89. The third-order valence-electron chi connectivity index (χ3n) is 1.31. The van der Waals surface area contributed by atoms with Crippen LogP contribution in [0.5, 0.6) is 0 Å². The van der Waals surface area contributed by atoms with Crippen LogP contribution in [-0.2, 0) is 0 Å². The van der Waals surface area contributed by atoms with E-state index >= 15 is 0 Å². The minimum absolute atomic E-state index is 0.333. The van der Waals surface area contributed by atoms with Gasteiger partial charge in [-0.25, -0.2) is 5.01 Å². The number of alkyl halides is 1. The summed E-state index contributed by atoms with van der Waals surface area (Å²) in [5.41, 5.74) is 2.93. The summed E-state index contributed by atoms with van der Waals surface area (Å²) in [4.78, 5) is -0.333. The minimum atomic E-state index is -0.333. The summed E-state index contributed by atoms with van der Waals surface area (Å²) >= 11 is 5.89. The molecular formula is C5H9ClN2. The molecule has 1 rings (SSSR count). The van der Waals surface area contributed by atoms with Gasteiger partial charge in [-0.15, -0.1) is 0 Å². The van der Waals surface area contributed by atoms with Crippen LogP contribution in [-0.4, -0.2) is 17.1 Å². The van der Waals surface area contributed by atoms with Crippen molar-refractivity contribution in [2.45, 2.75) is 11.9 Å². The van der Waals surface area contributed by atoms with Gasteiger partial charge in [0.05, 0.1) is 0 Å². The Morgan fingerprint density at radius 2 is 2.38 bits per heavy atom. The number of rotatable bonds is 0. The first-order valence-corrected chi connectivity index (χ1v) is 2.87. The van der Waals surface area contributed by atoms with Crippen LogP contribution < -0.4 is 5.43 Å². The van der Waals surface area contributed by atoms with Crippen LogP contribution in [0, 0.1) is 0 Å². The molecule has 0 fully saturated rings. The average molecular weight is 133 g/mol. The highest BCUT2D eigenvalue weighted by Crippen LogP contribution is 2.21. The second-order valence-electron chi connectivity index (χ2n) is 2.05. The fraction of sp³-hybridized carbons (Fsp3) is 0.600. The van der Waals surface area contributed by atoms with Gasteiger partial charge >= 0.3 is 0 Å². The van der Waals surface area contributed by atoms with E-state index in [4.69, 9.17) is 11.6 Å². The number of nitrogens with zero attached hydrogens (tertiary/aromatic N) is 1. The molecule has 0 aromatic carbocycles. The first-order chi connectivity index (χ1) is 3.63. The zero-order chi connectivity index (χ0) is 6.20. The van der Waals surface area contributed by atoms with Gasteiger partial charge in [-0.1, -0.05) is 11.6 Å². The van der Waals surface area contributed by atoms with Crippen molar-refractivity contribution in [2.75, 3.05) is 7.05 Å². The molecule has 0 radical (unpaired) electrons. The highest BCUT2D eigenvalue weighted by atomic mass is 35.5. The number of halogens is 1.